The summed E-state index contributed by atoms with van der Waals surface area (Å²) in [5.74, 6) is 1.57. The number of aromatic nitrogens is 8. The third-order valence-electron chi connectivity index (χ3n) is 7.02. The summed E-state index contributed by atoms with van der Waals surface area (Å²) in [6, 6.07) is 18.0. The molecular formula is C31H32N10O3. The Morgan fingerprint density at radius 3 is 2.52 bits per heavy atom. The molecule has 1 aromatic carbocycles. The van der Waals surface area contributed by atoms with Gasteiger partial charge in [0, 0.05) is 25.0 Å². The van der Waals surface area contributed by atoms with E-state index in [-0.39, 0.29) is 30.0 Å². The van der Waals surface area contributed by atoms with Gasteiger partial charge >= 0.3 is 0 Å². The Labute approximate surface area is 252 Å². The van der Waals surface area contributed by atoms with Crippen LogP contribution in [0.4, 0.5) is 17.6 Å². The minimum Gasteiger partial charge on any atom is -0.394 e. The molecule has 5 heterocycles. The van der Waals surface area contributed by atoms with E-state index in [1.807, 2.05) is 61.9 Å². The van der Waals surface area contributed by atoms with Crippen LogP contribution in [0.15, 0.2) is 82.4 Å². The van der Waals surface area contributed by atoms with Gasteiger partial charge in [0.2, 0.25) is 11.8 Å². The number of anilines is 3. The molecule has 0 unspecified atom stereocenters. The Morgan fingerprint density at radius 1 is 0.977 bits per heavy atom. The normalized spacial score (nSPS) is 12.1. The topological polar surface area (TPSA) is 162 Å². The van der Waals surface area contributed by atoms with Gasteiger partial charge in [0.05, 0.1) is 18.0 Å². The second kappa shape index (κ2) is 12.4. The first-order valence-corrected chi connectivity index (χ1v) is 14.4. The average molecular weight is 593 g/mol. The molecule has 0 bridgehead atoms. The Balaban J connectivity index is 1.39. The molecule has 0 saturated carbocycles. The molecule has 0 amide bonds. The first kappa shape index (κ1) is 28.7. The molecule has 6 rings (SSSR count). The molecule has 0 aliphatic carbocycles. The van der Waals surface area contributed by atoms with E-state index in [0.29, 0.717) is 46.3 Å². The van der Waals surface area contributed by atoms with Gasteiger partial charge in [0.1, 0.15) is 22.9 Å². The van der Waals surface area contributed by atoms with Gasteiger partial charge < -0.3 is 20.3 Å². The van der Waals surface area contributed by atoms with E-state index in [9.17, 15) is 9.90 Å². The van der Waals surface area contributed by atoms with E-state index >= 15 is 0 Å². The third-order valence-corrected chi connectivity index (χ3v) is 7.02. The lowest BCUT2D eigenvalue weighted by Gasteiger charge is -2.19. The molecule has 1 atom stereocenters. The van der Waals surface area contributed by atoms with Gasteiger partial charge in [-0.05, 0) is 50.1 Å². The van der Waals surface area contributed by atoms with E-state index in [2.05, 4.69) is 30.7 Å². The Bertz CT molecular complexity index is 1930. The largest absolute Gasteiger partial charge is 0.394 e. The van der Waals surface area contributed by atoms with E-state index in [1.54, 1.807) is 41.3 Å². The highest BCUT2D eigenvalue weighted by Gasteiger charge is 2.22. The summed E-state index contributed by atoms with van der Waals surface area (Å²) >= 11 is 0. The van der Waals surface area contributed by atoms with E-state index < -0.39 is 6.04 Å². The minimum absolute atomic E-state index is 0.0274. The first-order chi connectivity index (χ1) is 21.5. The predicted molar refractivity (Wildman–Crippen MR) is 166 cm³/mol. The van der Waals surface area contributed by atoms with Gasteiger partial charge in [-0.25, -0.2) is 14.6 Å². The number of hydrogen-bond donors (Lipinski definition) is 3. The summed E-state index contributed by atoms with van der Waals surface area (Å²) < 4.78 is 9.25. The molecule has 44 heavy (non-hydrogen) atoms. The quantitative estimate of drug-likeness (QED) is 0.186. The number of hydrogen-bond acceptors (Lipinski definition) is 11. The fourth-order valence-corrected chi connectivity index (χ4v) is 5.00. The summed E-state index contributed by atoms with van der Waals surface area (Å²) in [6.45, 7) is 6.48. The van der Waals surface area contributed by atoms with Gasteiger partial charge in [-0.3, -0.25) is 14.5 Å². The molecule has 0 radical (unpaired) electrons. The van der Waals surface area contributed by atoms with Crippen LogP contribution in [-0.4, -0.2) is 51.2 Å². The van der Waals surface area contributed by atoms with Crippen molar-refractivity contribution in [1.29, 1.82) is 0 Å². The number of aliphatic hydroxyl groups excluding tert-OH is 1. The number of rotatable bonds is 11. The lowest BCUT2D eigenvalue weighted by molar-refractivity contribution is 0.276. The van der Waals surface area contributed by atoms with Crippen LogP contribution in [0, 0.1) is 0 Å². The summed E-state index contributed by atoms with van der Waals surface area (Å²) in [4.78, 5) is 35.9. The molecule has 5 aromatic heterocycles. The van der Waals surface area contributed by atoms with E-state index in [4.69, 9.17) is 14.5 Å². The number of nitrogens with one attached hydrogen (secondary N) is 2. The van der Waals surface area contributed by atoms with Crippen LogP contribution >= 0.6 is 0 Å². The Hall–Kier alpha value is -5.43. The van der Waals surface area contributed by atoms with Crippen molar-refractivity contribution in [2.45, 2.75) is 45.8 Å². The van der Waals surface area contributed by atoms with E-state index in [1.165, 1.54) is 0 Å². The fraction of sp³-hybridized carbons (Fsp3) is 0.258. The van der Waals surface area contributed by atoms with Crippen LogP contribution in [0.1, 0.15) is 44.8 Å². The number of pyridine rings is 2. The monoisotopic (exact) mass is 592 g/mol. The summed E-state index contributed by atoms with van der Waals surface area (Å²) in [6.07, 6.45) is 4.04. The van der Waals surface area contributed by atoms with Crippen LogP contribution in [0.25, 0.3) is 34.0 Å². The van der Waals surface area contributed by atoms with Crippen molar-refractivity contribution < 1.29 is 9.63 Å². The summed E-state index contributed by atoms with van der Waals surface area (Å²) in [5, 5.41) is 21.4. The molecule has 13 heteroatoms. The molecule has 0 aliphatic rings. The lowest BCUT2D eigenvalue weighted by atomic mass is 10.1. The second-order valence-electron chi connectivity index (χ2n) is 10.4. The number of nitrogens with zero attached hydrogens (tertiary/aromatic N) is 8. The van der Waals surface area contributed by atoms with Crippen molar-refractivity contribution >= 4 is 28.6 Å². The first-order valence-electron chi connectivity index (χ1n) is 14.4. The van der Waals surface area contributed by atoms with Crippen molar-refractivity contribution in [3.63, 3.8) is 0 Å². The van der Waals surface area contributed by atoms with Crippen molar-refractivity contribution in [2.24, 2.45) is 0 Å². The van der Waals surface area contributed by atoms with Crippen LogP contribution < -0.4 is 16.2 Å². The Morgan fingerprint density at radius 2 is 1.80 bits per heavy atom. The predicted octanol–water partition coefficient (Wildman–Crippen LogP) is 4.98. The van der Waals surface area contributed by atoms with Crippen molar-refractivity contribution in [3.05, 3.63) is 89.0 Å². The molecule has 6 aromatic rings. The molecule has 0 saturated heterocycles. The highest BCUT2D eigenvalue weighted by Crippen LogP contribution is 2.30. The summed E-state index contributed by atoms with van der Waals surface area (Å²) in [5.41, 5.74) is 2.37. The highest BCUT2D eigenvalue weighted by molar-refractivity contribution is 5.78. The zero-order valence-electron chi connectivity index (χ0n) is 24.5. The zero-order chi connectivity index (χ0) is 30.6. The van der Waals surface area contributed by atoms with Crippen LogP contribution in [0.5, 0.6) is 0 Å². The smallest absolute Gasteiger partial charge is 0.276 e. The fourth-order valence-electron chi connectivity index (χ4n) is 5.00. The Kier molecular flexibility index (Phi) is 8.10. The van der Waals surface area contributed by atoms with Crippen molar-refractivity contribution in [3.8, 4) is 23.0 Å². The van der Waals surface area contributed by atoms with Crippen LogP contribution in [-0.2, 0) is 6.54 Å². The van der Waals surface area contributed by atoms with E-state index in [0.717, 1.165) is 12.0 Å². The van der Waals surface area contributed by atoms with Crippen molar-refractivity contribution in [1.82, 2.24) is 39.4 Å². The van der Waals surface area contributed by atoms with Gasteiger partial charge in [-0.15, -0.1) is 0 Å². The minimum atomic E-state index is -0.482. The molecule has 3 N–H and O–H groups in total. The summed E-state index contributed by atoms with van der Waals surface area (Å²) in [7, 11) is 0. The van der Waals surface area contributed by atoms with Gasteiger partial charge in [-0.1, -0.05) is 48.5 Å². The van der Waals surface area contributed by atoms with Gasteiger partial charge in [0.25, 0.3) is 11.4 Å². The number of benzene rings is 1. The van der Waals surface area contributed by atoms with Crippen LogP contribution in [0.2, 0.25) is 0 Å². The molecule has 224 valence electrons. The molecular weight excluding hydrogens is 560 g/mol. The maximum atomic E-state index is 13.1. The number of aliphatic hydroxyl groups is 1. The average Bonchev–Trinajstić information content (AvgIpc) is 3.64. The number of fused-ring (bicyclic) bond motifs is 1. The lowest BCUT2D eigenvalue weighted by Crippen LogP contribution is -2.24. The zero-order valence-corrected chi connectivity index (χ0v) is 24.5. The van der Waals surface area contributed by atoms with Gasteiger partial charge in [0.15, 0.2) is 5.65 Å². The standard InChI is InChI=1S/C31H32N10O3/c1-4-16-40-30(43)21-13-14-25(35-28(21)41(40)19(2)3)36-31-33-17-22(29-37-27(39-44-29)23-12-8-9-15-32-23)26(38-31)34-24(18-42)20-10-6-5-7-11-20/h5-15,17,19,24,42H,4,16,18H2,1-3H3,(H2,33,34,35,36,38)/t24-/m1/s1. The SMILES string of the molecule is CCCn1c(=O)c2ccc(Nc3ncc(-c4nc(-c5ccccn5)no4)c(N[C@H](CO)c4ccccc4)n3)nc2n1C(C)C. The second-order valence-corrected chi connectivity index (χ2v) is 10.4. The maximum Gasteiger partial charge on any atom is 0.276 e. The highest BCUT2D eigenvalue weighted by atomic mass is 16.5. The van der Waals surface area contributed by atoms with Crippen molar-refractivity contribution in [2.75, 3.05) is 17.2 Å². The molecule has 0 aliphatic heterocycles. The molecule has 0 fully saturated rings. The third kappa shape index (κ3) is 5.64. The van der Waals surface area contributed by atoms with Crippen LogP contribution in [0.3, 0.4) is 0 Å². The maximum absolute atomic E-state index is 13.1. The molecule has 13 nitrogen and oxygen atoms in total. The molecule has 0 spiro atoms. The van der Waals surface area contributed by atoms with Gasteiger partial charge in [-0.2, -0.15) is 9.97 Å².